The number of H-pyrrole nitrogens is 1. The van der Waals surface area contributed by atoms with Crippen LogP contribution in [0, 0.1) is 0 Å². The van der Waals surface area contributed by atoms with Crippen molar-refractivity contribution < 1.29 is 14.3 Å². The molecule has 0 atom stereocenters. The highest BCUT2D eigenvalue weighted by molar-refractivity contribution is 6.35. The normalized spacial score (nSPS) is 10.0. The van der Waals surface area contributed by atoms with Crippen molar-refractivity contribution in [1.82, 2.24) is 15.8 Å². The topological polar surface area (TPSA) is 100 Å². The van der Waals surface area contributed by atoms with Gasteiger partial charge in [-0.3, -0.25) is 25.2 Å². The summed E-state index contributed by atoms with van der Waals surface area (Å²) in [7, 11) is 0. The Morgan fingerprint density at radius 1 is 1.13 bits per heavy atom. The van der Waals surface area contributed by atoms with Gasteiger partial charge < -0.3 is 9.72 Å². The molecule has 2 aromatic rings. The molecule has 23 heavy (non-hydrogen) atoms. The van der Waals surface area contributed by atoms with Crippen LogP contribution in [0.5, 0.6) is 5.75 Å². The summed E-state index contributed by atoms with van der Waals surface area (Å²) in [6.07, 6.45) is 1.23. The van der Waals surface area contributed by atoms with Gasteiger partial charge in [-0.15, -0.1) is 0 Å². The first-order valence-corrected chi connectivity index (χ1v) is 7.07. The lowest BCUT2D eigenvalue weighted by Gasteiger charge is -2.09. The molecule has 0 radical (unpaired) electrons. The van der Waals surface area contributed by atoms with Crippen molar-refractivity contribution in [2.24, 2.45) is 0 Å². The smallest absolute Gasteiger partial charge is 0.276 e. The van der Waals surface area contributed by atoms with E-state index in [2.05, 4.69) is 15.8 Å². The van der Waals surface area contributed by atoms with E-state index in [0.29, 0.717) is 5.02 Å². The lowest BCUT2D eigenvalue weighted by Crippen LogP contribution is -2.43. The molecule has 2 rings (SSSR count). The number of pyridine rings is 1. The van der Waals surface area contributed by atoms with Crippen LogP contribution in [0.25, 0.3) is 0 Å². The molecule has 3 N–H and O–H groups in total. The van der Waals surface area contributed by atoms with E-state index in [4.69, 9.17) is 27.9 Å². The number of ether oxygens (including phenoxy) is 1. The van der Waals surface area contributed by atoms with E-state index in [0.717, 1.165) is 0 Å². The molecular weight excluding hydrogens is 345 g/mol. The fourth-order valence-corrected chi connectivity index (χ4v) is 1.99. The first-order valence-electron chi connectivity index (χ1n) is 6.31. The largest absolute Gasteiger partial charge is 0.482 e. The number of carbonyl (C=O) groups is 2. The Balaban J connectivity index is 1.82. The van der Waals surface area contributed by atoms with Gasteiger partial charge in [-0.05, 0) is 24.3 Å². The summed E-state index contributed by atoms with van der Waals surface area (Å²) in [4.78, 5) is 36.5. The summed E-state index contributed by atoms with van der Waals surface area (Å²) in [5.74, 6) is -0.883. The molecule has 0 aliphatic rings. The maximum absolute atomic E-state index is 11.7. The molecule has 0 saturated heterocycles. The number of hydrogen-bond donors (Lipinski definition) is 3. The lowest BCUT2D eigenvalue weighted by atomic mass is 10.3. The van der Waals surface area contributed by atoms with Crippen LogP contribution < -0.4 is 21.1 Å². The molecule has 0 unspecified atom stereocenters. The minimum Gasteiger partial charge on any atom is -0.482 e. The monoisotopic (exact) mass is 355 g/mol. The number of aromatic nitrogens is 1. The molecule has 1 heterocycles. The van der Waals surface area contributed by atoms with Gasteiger partial charge in [-0.1, -0.05) is 23.2 Å². The number of aromatic amines is 1. The van der Waals surface area contributed by atoms with Crippen LogP contribution in [-0.4, -0.2) is 23.4 Å². The average Bonchev–Trinajstić information content (AvgIpc) is 2.52. The van der Waals surface area contributed by atoms with Crippen molar-refractivity contribution in [2.45, 2.75) is 0 Å². The number of amides is 2. The van der Waals surface area contributed by atoms with Gasteiger partial charge in [0.05, 0.1) is 10.6 Å². The van der Waals surface area contributed by atoms with Crippen LogP contribution in [0.2, 0.25) is 10.0 Å². The van der Waals surface area contributed by atoms with Gasteiger partial charge in [-0.25, -0.2) is 0 Å². The van der Waals surface area contributed by atoms with E-state index in [1.54, 1.807) is 6.07 Å². The first kappa shape index (κ1) is 16.9. The minimum absolute atomic E-state index is 0.187. The zero-order valence-electron chi connectivity index (χ0n) is 11.6. The van der Waals surface area contributed by atoms with Gasteiger partial charge in [0.25, 0.3) is 11.8 Å². The SMILES string of the molecule is O=C(COc1ccc(Cl)cc1Cl)NNC(=O)c1ccc(=O)[nH]c1. The van der Waals surface area contributed by atoms with E-state index in [9.17, 15) is 14.4 Å². The van der Waals surface area contributed by atoms with Crippen molar-refractivity contribution in [2.75, 3.05) is 6.61 Å². The molecule has 0 bridgehead atoms. The van der Waals surface area contributed by atoms with Crippen molar-refractivity contribution in [3.05, 3.63) is 62.5 Å². The molecule has 0 fully saturated rings. The third-order valence-corrected chi connectivity index (χ3v) is 3.14. The predicted molar refractivity (Wildman–Crippen MR) is 84.6 cm³/mol. The minimum atomic E-state index is -0.589. The molecule has 0 aliphatic heterocycles. The molecular formula is C14H11Cl2N3O4. The van der Waals surface area contributed by atoms with E-state index in [1.165, 1.54) is 30.5 Å². The quantitative estimate of drug-likeness (QED) is 0.723. The Morgan fingerprint density at radius 3 is 2.57 bits per heavy atom. The van der Waals surface area contributed by atoms with Crippen LogP contribution in [0.3, 0.4) is 0 Å². The Morgan fingerprint density at radius 2 is 1.91 bits per heavy atom. The maximum Gasteiger partial charge on any atom is 0.276 e. The van der Waals surface area contributed by atoms with E-state index in [1.807, 2.05) is 0 Å². The number of hydrogen-bond acceptors (Lipinski definition) is 4. The van der Waals surface area contributed by atoms with Gasteiger partial charge in [0, 0.05) is 17.3 Å². The molecule has 0 aliphatic carbocycles. The number of benzene rings is 1. The molecule has 2 amide bonds. The Hall–Kier alpha value is -2.51. The van der Waals surface area contributed by atoms with Gasteiger partial charge >= 0.3 is 0 Å². The highest BCUT2D eigenvalue weighted by atomic mass is 35.5. The van der Waals surface area contributed by atoms with Crippen LogP contribution in [0.15, 0.2) is 41.3 Å². The second-order valence-corrected chi connectivity index (χ2v) is 5.15. The van der Waals surface area contributed by atoms with Crippen molar-refractivity contribution in [3.63, 3.8) is 0 Å². The van der Waals surface area contributed by atoms with Crippen molar-refractivity contribution in [3.8, 4) is 5.75 Å². The van der Waals surface area contributed by atoms with Crippen molar-refractivity contribution >= 4 is 35.0 Å². The first-order chi connectivity index (χ1) is 11.0. The molecule has 1 aromatic carbocycles. The number of rotatable bonds is 4. The van der Waals surface area contributed by atoms with E-state index >= 15 is 0 Å². The van der Waals surface area contributed by atoms with Gasteiger partial charge in [0.1, 0.15) is 5.75 Å². The number of carbonyl (C=O) groups excluding carboxylic acids is 2. The molecule has 120 valence electrons. The average molecular weight is 356 g/mol. The van der Waals surface area contributed by atoms with Crippen LogP contribution in [-0.2, 0) is 4.79 Å². The number of nitrogens with one attached hydrogen (secondary N) is 3. The van der Waals surface area contributed by atoms with Gasteiger partial charge in [0.15, 0.2) is 6.61 Å². The second kappa shape index (κ2) is 7.66. The second-order valence-electron chi connectivity index (χ2n) is 4.31. The number of halogens is 2. The van der Waals surface area contributed by atoms with Crippen LogP contribution >= 0.6 is 23.2 Å². The van der Waals surface area contributed by atoms with E-state index in [-0.39, 0.29) is 28.5 Å². The highest BCUT2D eigenvalue weighted by Gasteiger charge is 2.09. The third kappa shape index (κ3) is 5.01. The molecule has 0 spiro atoms. The van der Waals surface area contributed by atoms with Crippen molar-refractivity contribution in [1.29, 1.82) is 0 Å². The maximum atomic E-state index is 11.7. The standard InChI is InChI=1S/C14H11Cl2N3O4/c15-9-2-3-11(10(16)5-9)23-7-13(21)18-19-14(22)8-1-4-12(20)17-6-8/h1-6H,7H2,(H,17,20)(H,18,21)(H,19,22). The lowest BCUT2D eigenvalue weighted by molar-refractivity contribution is -0.123. The fraction of sp³-hybridized carbons (Fsp3) is 0.0714. The third-order valence-electron chi connectivity index (χ3n) is 2.61. The Kier molecular flexibility index (Phi) is 5.61. The number of hydrazine groups is 1. The zero-order chi connectivity index (χ0) is 16.8. The summed E-state index contributed by atoms with van der Waals surface area (Å²) in [5, 5.41) is 0.711. The molecule has 7 nitrogen and oxygen atoms in total. The Labute approximate surface area is 140 Å². The molecule has 0 saturated carbocycles. The summed E-state index contributed by atoms with van der Waals surface area (Å²) in [6.45, 7) is -0.354. The van der Waals surface area contributed by atoms with Gasteiger partial charge in [-0.2, -0.15) is 0 Å². The highest BCUT2D eigenvalue weighted by Crippen LogP contribution is 2.27. The fourth-order valence-electron chi connectivity index (χ4n) is 1.52. The summed E-state index contributed by atoms with van der Waals surface area (Å²) >= 11 is 11.6. The van der Waals surface area contributed by atoms with E-state index < -0.39 is 11.8 Å². The summed E-state index contributed by atoms with van der Waals surface area (Å²) in [6, 6.07) is 7.09. The van der Waals surface area contributed by atoms with Gasteiger partial charge in [0.2, 0.25) is 5.56 Å². The van der Waals surface area contributed by atoms with Crippen LogP contribution in [0.1, 0.15) is 10.4 Å². The molecule has 9 heteroatoms. The molecule has 1 aromatic heterocycles. The zero-order valence-corrected chi connectivity index (χ0v) is 13.1. The predicted octanol–water partition coefficient (Wildman–Crippen LogP) is 1.52. The van der Waals surface area contributed by atoms with Crippen LogP contribution in [0.4, 0.5) is 0 Å². The summed E-state index contributed by atoms with van der Waals surface area (Å²) < 4.78 is 5.21. The summed E-state index contributed by atoms with van der Waals surface area (Å²) in [5.41, 5.74) is 4.21. The Bertz CT molecular complexity index is 771.